The summed E-state index contributed by atoms with van der Waals surface area (Å²) in [6.45, 7) is 3.20. The predicted octanol–water partition coefficient (Wildman–Crippen LogP) is 5.12. The Morgan fingerprint density at radius 1 is 1.19 bits per heavy atom. The largest absolute Gasteiger partial charge is 0.497 e. The van der Waals surface area contributed by atoms with Gasteiger partial charge in [-0.25, -0.2) is 0 Å². The summed E-state index contributed by atoms with van der Waals surface area (Å²) in [6, 6.07) is 11.4. The SMILES string of the molecule is CCOc1ccc(Cl)cc1NCc1cc(OC)ccc1Br. The molecule has 0 atom stereocenters. The molecule has 0 fully saturated rings. The molecule has 2 aromatic rings. The minimum atomic E-state index is 0.610. The van der Waals surface area contributed by atoms with Crippen molar-refractivity contribution in [1.29, 1.82) is 0 Å². The molecule has 5 heteroatoms. The second-order valence-corrected chi connectivity index (χ2v) is 5.68. The molecule has 0 heterocycles. The Kier molecular flexibility index (Phi) is 5.76. The molecule has 0 amide bonds. The predicted molar refractivity (Wildman–Crippen MR) is 90.6 cm³/mol. The number of anilines is 1. The van der Waals surface area contributed by atoms with Crippen LogP contribution in [0, 0.1) is 0 Å². The van der Waals surface area contributed by atoms with Crippen LogP contribution in [-0.4, -0.2) is 13.7 Å². The Balaban J connectivity index is 2.17. The van der Waals surface area contributed by atoms with Crippen molar-refractivity contribution in [2.24, 2.45) is 0 Å². The van der Waals surface area contributed by atoms with Crippen molar-refractivity contribution in [1.82, 2.24) is 0 Å². The van der Waals surface area contributed by atoms with Crippen LogP contribution in [0.3, 0.4) is 0 Å². The monoisotopic (exact) mass is 369 g/mol. The number of hydrogen-bond acceptors (Lipinski definition) is 3. The zero-order chi connectivity index (χ0) is 15.2. The minimum absolute atomic E-state index is 0.610. The number of ether oxygens (including phenoxy) is 2. The number of nitrogens with one attached hydrogen (secondary N) is 1. The quantitative estimate of drug-likeness (QED) is 0.765. The van der Waals surface area contributed by atoms with E-state index in [9.17, 15) is 0 Å². The molecular weight excluding hydrogens is 354 g/mol. The second kappa shape index (κ2) is 7.57. The average molecular weight is 371 g/mol. The van der Waals surface area contributed by atoms with Crippen molar-refractivity contribution in [3.05, 3.63) is 51.5 Å². The zero-order valence-corrected chi connectivity index (χ0v) is 14.3. The van der Waals surface area contributed by atoms with Crippen molar-refractivity contribution < 1.29 is 9.47 Å². The topological polar surface area (TPSA) is 30.5 Å². The zero-order valence-electron chi connectivity index (χ0n) is 12.0. The molecule has 1 N–H and O–H groups in total. The van der Waals surface area contributed by atoms with Gasteiger partial charge in [0.05, 0.1) is 19.4 Å². The Hall–Kier alpha value is -1.39. The van der Waals surface area contributed by atoms with Gasteiger partial charge in [0.2, 0.25) is 0 Å². The third kappa shape index (κ3) is 4.29. The first-order chi connectivity index (χ1) is 10.1. The van der Waals surface area contributed by atoms with Gasteiger partial charge in [-0.3, -0.25) is 0 Å². The minimum Gasteiger partial charge on any atom is -0.497 e. The number of hydrogen-bond donors (Lipinski definition) is 1. The maximum atomic E-state index is 6.05. The number of methoxy groups -OCH3 is 1. The summed E-state index contributed by atoms with van der Waals surface area (Å²) >= 11 is 9.60. The Bertz CT molecular complexity index is 619. The van der Waals surface area contributed by atoms with Crippen LogP contribution in [0.5, 0.6) is 11.5 Å². The fourth-order valence-electron chi connectivity index (χ4n) is 1.93. The summed E-state index contributed by atoms with van der Waals surface area (Å²) in [5.74, 6) is 1.62. The highest BCUT2D eigenvalue weighted by Gasteiger charge is 2.07. The van der Waals surface area contributed by atoms with Crippen LogP contribution >= 0.6 is 27.5 Å². The Labute approximate surface area is 138 Å². The fourth-order valence-corrected chi connectivity index (χ4v) is 2.48. The van der Waals surface area contributed by atoms with Crippen LogP contribution in [0.25, 0.3) is 0 Å². The first kappa shape index (κ1) is 16.0. The van der Waals surface area contributed by atoms with Crippen molar-refractivity contribution in [2.45, 2.75) is 13.5 Å². The molecule has 0 aliphatic heterocycles. The highest BCUT2D eigenvalue weighted by atomic mass is 79.9. The van der Waals surface area contributed by atoms with E-state index in [1.165, 1.54) is 0 Å². The standard InChI is InChI=1S/C16H17BrClNO2/c1-3-21-16-7-4-12(18)9-15(16)19-10-11-8-13(20-2)5-6-14(11)17/h4-9,19H,3,10H2,1-2H3. The average Bonchev–Trinajstić information content (AvgIpc) is 2.49. The van der Waals surface area contributed by atoms with Gasteiger partial charge in [0, 0.05) is 16.0 Å². The van der Waals surface area contributed by atoms with Gasteiger partial charge in [0.25, 0.3) is 0 Å². The van der Waals surface area contributed by atoms with E-state index in [4.69, 9.17) is 21.1 Å². The van der Waals surface area contributed by atoms with Crippen molar-refractivity contribution in [3.8, 4) is 11.5 Å². The lowest BCUT2D eigenvalue weighted by molar-refractivity contribution is 0.341. The van der Waals surface area contributed by atoms with E-state index < -0.39 is 0 Å². The molecule has 0 radical (unpaired) electrons. The van der Waals surface area contributed by atoms with E-state index in [0.29, 0.717) is 18.2 Å². The fraction of sp³-hybridized carbons (Fsp3) is 0.250. The number of halogens is 2. The van der Waals surface area contributed by atoms with Gasteiger partial charge < -0.3 is 14.8 Å². The van der Waals surface area contributed by atoms with Gasteiger partial charge >= 0.3 is 0 Å². The van der Waals surface area contributed by atoms with E-state index >= 15 is 0 Å². The van der Waals surface area contributed by atoms with Crippen LogP contribution in [0.1, 0.15) is 12.5 Å². The summed E-state index contributed by atoms with van der Waals surface area (Å²) in [4.78, 5) is 0. The molecule has 0 aromatic heterocycles. The lowest BCUT2D eigenvalue weighted by Crippen LogP contribution is -2.03. The van der Waals surface area contributed by atoms with E-state index in [2.05, 4.69) is 21.2 Å². The second-order valence-electron chi connectivity index (χ2n) is 4.38. The first-order valence-corrected chi connectivity index (χ1v) is 7.79. The molecule has 0 aliphatic carbocycles. The maximum Gasteiger partial charge on any atom is 0.142 e. The van der Waals surface area contributed by atoms with Crippen LogP contribution < -0.4 is 14.8 Å². The number of benzene rings is 2. The third-order valence-corrected chi connectivity index (χ3v) is 3.97. The van der Waals surface area contributed by atoms with Crippen molar-refractivity contribution in [3.63, 3.8) is 0 Å². The third-order valence-electron chi connectivity index (χ3n) is 2.96. The molecule has 112 valence electrons. The Morgan fingerprint density at radius 3 is 2.71 bits per heavy atom. The molecule has 2 aromatic carbocycles. The molecule has 0 unspecified atom stereocenters. The Morgan fingerprint density at radius 2 is 2.00 bits per heavy atom. The van der Waals surface area contributed by atoms with E-state index in [-0.39, 0.29) is 0 Å². The van der Waals surface area contributed by atoms with Crippen molar-refractivity contribution >= 4 is 33.2 Å². The van der Waals surface area contributed by atoms with E-state index in [1.54, 1.807) is 7.11 Å². The van der Waals surface area contributed by atoms with Gasteiger partial charge in [-0.15, -0.1) is 0 Å². The summed E-state index contributed by atoms with van der Waals surface area (Å²) in [5, 5.41) is 4.02. The lowest BCUT2D eigenvalue weighted by Gasteiger charge is -2.14. The van der Waals surface area contributed by atoms with E-state index in [0.717, 1.165) is 27.2 Å². The van der Waals surface area contributed by atoms with Gasteiger partial charge in [-0.1, -0.05) is 27.5 Å². The van der Waals surface area contributed by atoms with Crippen LogP contribution in [0.15, 0.2) is 40.9 Å². The van der Waals surface area contributed by atoms with Crippen LogP contribution in [-0.2, 0) is 6.54 Å². The summed E-state index contributed by atoms with van der Waals surface area (Å²) in [6.07, 6.45) is 0. The summed E-state index contributed by atoms with van der Waals surface area (Å²) in [5.41, 5.74) is 1.97. The highest BCUT2D eigenvalue weighted by Crippen LogP contribution is 2.30. The molecule has 2 rings (SSSR count). The van der Waals surface area contributed by atoms with Crippen molar-refractivity contribution in [2.75, 3.05) is 19.0 Å². The molecule has 3 nitrogen and oxygen atoms in total. The van der Waals surface area contributed by atoms with Gasteiger partial charge in [0.1, 0.15) is 11.5 Å². The van der Waals surface area contributed by atoms with E-state index in [1.807, 2.05) is 43.3 Å². The molecule has 0 aliphatic rings. The van der Waals surface area contributed by atoms with Gasteiger partial charge in [0.15, 0.2) is 0 Å². The first-order valence-electron chi connectivity index (χ1n) is 6.62. The smallest absolute Gasteiger partial charge is 0.142 e. The maximum absolute atomic E-state index is 6.05. The molecule has 0 saturated heterocycles. The molecule has 0 saturated carbocycles. The summed E-state index contributed by atoms with van der Waals surface area (Å²) in [7, 11) is 1.66. The van der Waals surface area contributed by atoms with Gasteiger partial charge in [-0.05, 0) is 48.9 Å². The molecule has 0 spiro atoms. The number of rotatable bonds is 6. The van der Waals surface area contributed by atoms with Gasteiger partial charge in [-0.2, -0.15) is 0 Å². The molecule has 0 bridgehead atoms. The highest BCUT2D eigenvalue weighted by molar-refractivity contribution is 9.10. The normalized spacial score (nSPS) is 10.3. The van der Waals surface area contributed by atoms with Crippen LogP contribution in [0.2, 0.25) is 5.02 Å². The van der Waals surface area contributed by atoms with Crippen LogP contribution in [0.4, 0.5) is 5.69 Å². The lowest BCUT2D eigenvalue weighted by atomic mass is 10.2. The molecular formula is C16H17BrClNO2. The molecule has 21 heavy (non-hydrogen) atoms. The summed E-state index contributed by atoms with van der Waals surface area (Å²) < 4.78 is 11.9.